The van der Waals surface area contributed by atoms with Crippen molar-refractivity contribution in [3.8, 4) is 0 Å². The smallest absolute Gasteiger partial charge is 0.236 e. The molecule has 0 aliphatic heterocycles. The summed E-state index contributed by atoms with van der Waals surface area (Å²) < 4.78 is 1.00. The number of rotatable bonds is 7. The highest BCUT2D eigenvalue weighted by atomic mass is 79.9. The molecule has 0 bridgehead atoms. The first-order valence-corrected chi connectivity index (χ1v) is 6.90. The predicted molar refractivity (Wildman–Crippen MR) is 78.6 cm³/mol. The van der Waals surface area contributed by atoms with E-state index in [1.54, 1.807) is 0 Å². The third-order valence-corrected chi connectivity index (χ3v) is 3.18. The van der Waals surface area contributed by atoms with Gasteiger partial charge in [-0.15, -0.1) is 0 Å². The molecule has 4 nitrogen and oxygen atoms in total. The summed E-state index contributed by atoms with van der Waals surface area (Å²) in [6.07, 6.45) is 0. The van der Waals surface area contributed by atoms with Crippen LogP contribution in [0.25, 0.3) is 0 Å². The second-order valence-corrected chi connectivity index (χ2v) is 4.95. The van der Waals surface area contributed by atoms with Crippen LogP contribution < -0.4 is 16.0 Å². The molecule has 0 saturated heterocycles. The van der Waals surface area contributed by atoms with E-state index in [0.29, 0.717) is 0 Å². The molecule has 1 rings (SSSR count). The molecular weight excluding hydrogens is 294 g/mol. The number of hydrogen-bond donors (Lipinski definition) is 2. The summed E-state index contributed by atoms with van der Waals surface area (Å²) in [5.41, 5.74) is 7.50. The van der Waals surface area contributed by atoms with Gasteiger partial charge in [-0.2, -0.15) is 0 Å². The van der Waals surface area contributed by atoms with Crippen LogP contribution in [-0.4, -0.2) is 25.5 Å². The number of nitrogens with zero attached hydrogens (tertiary/aromatic N) is 1. The van der Waals surface area contributed by atoms with Gasteiger partial charge in [0.25, 0.3) is 0 Å². The van der Waals surface area contributed by atoms with Gasteiger partial charge in [-0.3, -0.25) is 4.79 Å². The highest BCUT2D eigenvalue weighted by Gasteiger charge is 2.12. The molecule has 0 heterocycles. The van der Waals surface area contributed by atoms with Gasteiger partial charge in [-0.1, -0.05) is 28.9 Å². The fourth-order valence-electron chi connectivity index (χ4n) is 1.80. The molecule has 100 valence electrons. The number of hydrogen-bond acceptors (Lipinski definition) is 3. The number of halogens is 1. The third kappa shape index (κ3) is 4.31. The van der Waals surface area contributed by atoms with Crippen molar-refractivity contribution < 1.29 is 4.79 Å². The zero-order valence-corrected chi connectivity index (χ0v) is 12.5. The van der Waals surface area contributed by atoms with Crippen molar-refractivity contribution in [3.05, 3.63) is 28.2 Å². The number of nitrogens with two attached hydrogens (primary N) is 1. The maximum atomic E-state index is 11.1. The Hall–Kier alpha value is -1.07. The highest BCUT2D eigenvalue weighted by Crippen LogP contribution is 2.25. The van der Waals surface area contributed by atoms with Crippen LogP contribution in [0.5, 0.6) is 0 Å². The normalized spacial score (nSPS) is 10.4. The van der Waals surface area contributed by atoms with Crippen molar-refractivity contribution in [3.63, 3.8) is 0 Å². The number of carbonyl (C=O) groups excluding carboxylic acids is 1. The standard InChI is InChI=1S/C13H20BrN3O/c1-3-16-8-10-5-6-11(14)7-12(10)17(4-2)9-13(15)18/h5-7,16H,3-4,8-9H2,1-2H3,(H2,15,18). The minimum Gasteiger partial charge on any atom is -0.368 e. The Bertz CT molecular complexity index is 409. The number of likely N-dealkylation sites (N-methyl/N-ethyl adjacent to an activating group) is 1. The van der Waals surface area contributed by atoms with Crippen molar-refractivity contribution in [2.45, 2.75) is 20.4 Å². The van der Waals surface area contributed by atoms with Crippen molar-refractivity contribution in [2.75, 3.05) is 24.5 Å². The maximum absolute atomic E-state index is 11.1. The zero-order chi connectivity index (χ0) is 13.5. The summed E-state index contributed by atoms with van der Waals surface area (Å²) in [5, 5.41) is 3.30. The lowest BCUT2D eigenvalue weighted by Crippen LogP contribution is -2.34. The molecule has 0 saturated carbocycles. The van der Waals surface area contributed by atoms with E-state index in [2.05, 4.69) is 34.2 Å². The minimum absolute atomic E-state index is 0.242. The fraction of sp³-hybridized carbons (Fsp3) is 0.462. The summed E-state index contributed by atoms with van der Waals surface area (Å²) in [4.78, 5) is 13.1. The van der Waals surface area contributed by atoms with Gasteiger partial charge >= 0.3 is 0 Å². The molecule has 1 amide bonds. The molecule has 0 aliphatic carbocycles. The molecular formula is C13H20BrN3O. The van der Waals surface area contributed by atoms with Gasteiger partial charge in [0, 0.05) is 23.2 Å². The summed E-state index contributed by atoms with van der Waals surface area (Å²) in [6, 6.07) is 6.10. The average molecular weight is 314 g/mol. The number of benzene rings is 1. The molecule has 0 aliphatic rings. The second-order valence-electron chi connectivity index (χ2n) is 4.03. The maximum Gasteiger partial charge on any atom is 0.236 e. The van der Waals surface area contributed by atoms with Crippen LogP contribution in [-0.2, 0) is 11.3 Å². The summed E-state index contributed by atoms with van der Waals surface area (Å²) in [5.74, 6) is -0.314. The summed E-state index contributed by atoms with van der Waals surface area (Å²) in [6.45, 7) is 6.77. The van der Waals surface area contributed by atoms with Crippen LogP contribution in [0.2, 0.25) is 0 Å². The predicted octanol–water partition coefficient (Wildman–Crippen LogP) is 1.87. The van der Waals surface area contributed by atoms with Crippen molar-refractivity contribution >= 4 is 27.5 Å². The number of primary amides is 1. The Kier molecular flexibility index (Phi) is 6.15. The number of carbonyl (C=O) groups is 1. The van der Waals surface area contributed by atoms with Crippen molar-refractivity contribution in [1.29, 1.82) is 0 Å². The van der Waals surface area contributed by atoms with E-state index in [1.165, 1.54) is 5.56 Å². The Labute approximate surface area is 117 Å². The van der Waals surface area contributed by atoms with Gasteiger partial charge < -0.3 is 16.0 Å². The van der Waals surface area contributed by atoms with Gasteiger partial charge in [-0.05, 0) is 31.2 Å². The number of anilines is 1. The van der Waals surface area contributed by atoms with Crippen molar-refractivity contribution in [2.24, 2.45) is 5.73 Å². The molecule has 0 atom stereocenters. The molecule has 1 aromatic rings. The monoisotopic (exact) mass is 313 g/mol. The molecule has 18 heavy (non-hydrogen) atoms. The molecule has 0 fully saturated rings. The van der Waals surface area contributed by atoms with Gasteiger partial charge in [-0.25, -0.2) is 0 Å². The number of amides is 1. The summed E-state index contributed by atoms with van der Waals surface area (Å²) >= 11 is 3.46. The lowest BCUT2D eigenvalue weighted by atomic mass is 10.1. The van der Waals surface area contributed by atoms with E-state index in [0.717, 1.165) is 29.8 Å². The van der Waals surface area contributed by atoms with E-state index >= 15 is 0 Å². The SMILES string of the molecule is CCNCc1ccc(Br)cc1N(CC)CC(N)=O. The van der Waals surface area contributed by atoms with Crippen LogP contribution >= 0.6 is 15.9 Å². The lowest BCUT2D eigenvalue weighted by molar-refractivity contribution is -0.116. The van der Waals surface area contributed by atoms with E-state index < -0.39 is 0 Å². The Morgan fingerprint density at radius 1 is 1.44 bits per heavy atom. The molecule has 0 unspecified atom stereocenters. The molecule has 1 aromatic carbocycles. The van der Waals surface area contributed by atoms with Crippen LogP contribution in [0, 0.1) is 0 Å². The summed E-state index contributed by atoms with van der Waals surface area (Å²) in [7, 11) is 0. The quantitative estimate of drug-likeness (QED) is 0.808. The van der Waals surface area contributed by atoms with Crippen molar-refractivity contribution in [1.82, 2.24) is 5.32 Å². The number of nitrogens with one attached hydrogen (secondary N) is 1. The van der Waals surface area contributed by atoms with E-state index in [-0.39, 0.29) is 12.5 Å². The highest BCUT2D eigenvalue weighted by molar-refractivity contribution is 9.10. The Balaban J connectivity index is 3.01. The fourth-order valence-corrected chi connectivity index (χ4v) is 2.14. The second kappa shape index (κ2) is 7.38. The van der Waals surface area contributed by atoms with Gasteiger partial charge in [0.2, 0.25) is 5.91 Å². The van der Waals surface area contributed by atoms with Crippen LogP contribution in [0.15, 0.2) is 22.7 Å². The molecule has 0 spiro atoms. The van der Waals surface area contributed by atoms with E-state index in [9.17, 15) is 4.79 Å². The molecule has 3 N–H and O–H groups in total. The molecule has 0 radical (unpaired) electrons. The van der Waals surface area contributed by atoms with Crippen LogP contribution in [0.3, 0.4) is 0 Å². The van der Waals surface area contributed by atoms with E-state index in [1.807, 2.05) is 24.0 Å². The van der Waals surface area contributed by atoms with Gasteiger partial charge in [0.1, 0.15) is 0 Å². The van der Waals surface area contributed by atoms with Gasteiger partial charge in [0.15, 0.2) is 0 Å². The Morgan fingerprint density at radius 2 is 2.17 bits per heavy atom. The first-order chi connectivity index (χ1) is 8.58. The van der Waals surface area contributed by atoms with Crippen LogP contribution in [0.4, 0.5) is 5.69 Å². The Morgan fingerprint density at radius 3 is 2.72 bits per heavy atom. The largest absolute Gasteiger partial charge is 0.368 e. The van der Waals surface area contributed by atoms with Crippen LogP contribution in [0.1, 0.15) is 19.4 Å². The molecule has 0 aromatic heterocycles. The van der Waals surface area contributed by atoms with Gasteiger partial charge in [0.05, 0.1) is 6.54 Å². The van der Waals surface area contributed by atoms with E-state index in [4.69, 9.17) is 5.73 Å². The average Bonchev–Trinajstić information content (AvgIpc) is 2.34. The topological polar surface area (TPSA) is 58.4 Å². The lowest BCUT2D eigenvalue weighted by Gasteiger charge is -2.24. The minimum atomic E-state index is -0.314. The zero-order valence-electron chi connectivity index (χ0n) is 10.9. The first-order valence-electron chi connectivity index (χ1n) is 6.10. The third-order valence-electron chi connectivity index (χ3n) is 2.68. The molecule has 5 heteroatoms. The first kappa shape index (κ1) is 15.0.